The number of rotatable bonds is 5. The van der Waals surface area contributed by atoms with Crippen molar-refractivity contribution in [3.05, 3.63) is 76.1 Å². The molecule has 30 heavy (non-hydrogen) atoms. The Morgan fingerprint density at radius 2 is 2.13 bits per heavy atom. The summed E-state index contributed by atoms with van der Waals surface area (Å²) in [6.07, 6.45) is 3.35. The van der Waals surface area contributed by atoms with Crippen molar-refractivity contribution in [3.8, 4) is 6.07 Å². The minimum Gasteiger partial charge on any atom is -0.468 e. The molecule has 1 atom stereocenters. The van der Waals surface area contributed by atoms with Crippen LogP contribution in [-0.2, 0) is 9.59 Å². The molecule has 0 saturated carbocycles. The van der Waals surface area contributed by atoms with Gasteiger partial charge in [0.2, 0.25) is 5.91 Å². The average molecular weight is 423 g/mol. The fourth-order valence-corrected chi connectivity index (χ4v) is 4.53. The Kier molecular flexibility index (Phi) is 5.72. The lowest BCUT2D eigenvalue weighted by atomic mass is 9.79. The minimum absolute atomic E-state index is 0.000698. The van der Waals surface area contributed by atoms with Crippen molar-refractivity contribution in [3.63, 3.8) is 0 Å². The SMILES string of the molecule is N#CC1=C(SCC(=O)Nc2ccccc2F)NC2=C(C(=O)CCC2)[C@H]1c1ccco1. The van der Waals surface area contributed by atoms with Crippen LogP contribution in [0.3, 0.4) is 0 Å². The van der Waals surface area contributed by atoms with Crippen LogP contribution < -0.4 is 10.6 Å². The van der Waals surface area contributed by atoms with Crippen molar-refractivity contribution in [1.82, 2.24) is 5.32 Å². The molecule has 0 saturated heterocycles. The van der Waals surface area contributed by atoms with Crippen LogP contribution in [0.5, 0.6) is 0 Å². The number of Topliss-reactive ketones (excluding diaryl/α,β-unsaturated/α-hetero) is 1. The highest BCUT2D eigenvalue weighted by atomic mass is 32.2. The van der Waals surface area contributed by atoms with Gasteiger partial charge in [-0.2, -0.15) is 5.26 Å². The van der Waals surface area contributed by atoms with Gasteiger partial charge < -0.3 is 15.1 Å². The molecule has 152 valence electrons. The van der Waals surface area contributed by atoms with Crippen LogP contribution in [0.25, 0.3) is 0 Å². The van der Waals surface area contributed by atoms with Crippen molar-refractivity contribution in [1.29, 1.82) is 5.26 Å². The zero-order chi connectivity index (χ0) is 21.1. The normalized spacial score (nSPS) is 18.5. The van der Waals surface area contributed by atoms with E-state index in [1.54, 1.807) is 24.3 Å². The molecular weight excluding hydrogens is 405 g/mol. The molecule has 0 unspecified atom stereocenters. The summed E-state index contributed by atoms with van der Waals surface area (Å²) in [7, 11) is 0. The van der Waals surface area contributed by atoms with Gasteiger partial charge in [-0.15, -0.1) is 0 Å². The highest BCUT2D eigenvalue weighted by molar-refractivity contribution is 8.03. The number of amides is 1. The first kappa shape index (κ1) is 20.0. The molecule has 8 heteroatoms. The van der Waals surface area contributed by atoms with Gasteiger partial charge in [0, 0.05) is 17.7 Å². The van der Waals surface area contributed by atoms with Crippen molar-refractivity contribution in [2.45, 2.75) is 25.2 Å². The number of allylic oxidation sites excluding steroid dienone is 3. The molecule has 1 aromatic heterocycles. The molecule has 2 N–H and O–H groups in total. The van der Waals surface area contributed by atoms with Gasteiger partial charge in [0.05, 0.1) is 40.3 Å². The number of nitriles is 1. The molecule has 1 aromatic carbocycles. The first-order valence-electron chi connectivity index (χ1n) is 9.46. The first-order chi connectivity index (χ1) is 14.6. The summed E-state index contributed by atoms with van der Waals surface area (Å²) < 4.78 is 19.3. The zero-order valence-electron chi connectivity index (χ0n) is 15.9. The fourth-order valence-electron chi connectivity index (χ4n) is 3.66. The smallest absolute Gasteiger partial charge is 0.234 e. The number of hydrogen-bond donors (Lipinski definition) is 2. The lowest BCUT2D eigenvalue weighted by molar-refractivity contribution is -0.116. The van der Waals surface area contributed by atoms with E-state index in [0.29, 0.717) is 34.8 Å². The Morgan fingerprint density at radius 1 is 1.30 bits per heavy atom. The van der Waals surface area contributed by atoms with Crippen LogP contribution in [0.15, 0.2) is 69.0 Å². The molecule has 6 nitrogen and oxygen atoms in total. The highest BCUT2D eigenvalue weighted by Gasteiger charge is 2.38. The molecule has 0 bridgehead atoms. The third kappa shape index (κ3) is 3.89. The predicted octanol–water partition coefficient (Wildman–Crippen LogP) is 4.22. The lowest BCUT2D eigenvalue weighted by Gasteiger charge is -2.32. The summed E-state index contributed by atoms with van der Waals surface area (Å²) in [5, 5.41) is 16.1. The number of carbonyl (C=O) groups is 2. The van der Waals surface area contributed by atoms with E-state index in [-0.39, 0.29) is 17.2 Å². The molecule has 1 aliphatic carbocycles. The van der Waals surface area contributed by atoms with Crippen LogP contribution in [0.1, 0.15) is 30.9 Å². The van der Waals surface area contributed by atoms with Gasteiger partial charge in [-0.25, -0.2) is 4.39 Å². The monoisotopic (exact) mass is 423 g/mol. The number of ketones is 1. The molecule has 0 fully saturated rings. The number of carbonyl (C=O) groups excluding carboxylic acids is 2. The van der Waals surface area contributed by atoms with Crippen LogP contribution in [-0.4, -0.2) is 17.4 Å². The van der Waals surface area contributed by atoms with Gasteiger partial charge in [0.1, 0.15) is 11.6 Å². The lowest BCUT2D eigenvalue weighted by Crippen LogP contribution is -2.31. The molecule has 0 radical (unpaired) electrons. The Hall–Kier alpha value is -3.31. The summed E-state index contributed by atoms with van der Waals surface area (Å²) in [6.45, 7) is 0. The Morgan fingerprint density at radius 3 is 2.87 bits per heavy atom. The Balaban J connectivity index is 1.58. The van der Waals surface area contributed by atoms with Gasteiger partial charge in [0.15, 0.2) is 5.78 Å². The molecule has 1 amide bonds. The number of thioether (sulfide) groups is 1. The second-order valence-electron chi connectivity index (χ2n) is 6.91. The van der Waals surface area contributed by atoms with Crippen molar-refractivity contribution in [2.24, 2.45) is 0 Å². The summed E-state index contributed by atoms with van der Waals surface area (Å²) in [6, 6.07) is 11.6. The number of nitrogens with one attached hydrogen (secondary N) is 2. The van der Waals surface area contributed by atoms with E-state index in [9.17, 15) is 19.2 Å². The number of benzene rings is 1. The van der Waals surface area contributed by atoms with E-state index in [0.717, 1.165) is 23.9 Å². The van der Waals surface area contributed by atoms with Gasteiger partial charge in [-0.3, -0.25) is 9.59 Å². The summed E-state index contributed by atoms with van der Waals surface area (Å²) >= 11 is 1.15. The maximum atomic E-state index is 13.8. The van der Waals surface area contributed by atoms with Crippen molar-refractivity contribution < 1.29 is 18.4 Å². The van der Waals surface area contributed by atoms with Crippen LogP contribution in [0, 0.1) is 17.1 Å². The number of para-hydroxylation sites is 1. The quantitative estimate of drug-likeness (QED) is 0.748. The summed E-state index contributed by atoms with van der Waals surface area (Å²) in [4.78, 5) is 25.0. The summed E-state index contributed by atoms with van der Waals surface area (Å²) in [5.41, 5.74) is 1.77. The van der Waals surface area contributed by atoms with Crippen LogP contribution in [0.4, 0.5) is 10.1 Å². The molecular formula is C22H18FN3O3S. The van der Waals surface area contributed by atoms with E-state index < -0.39 is 17.6 Å². The second-order valence-corrected chi connectivity index (χ2v) is 7.90. The van der Waals surface area contributed by atoms with E-state index in [1.807, 2.05) is 0 Å². The van der Waals surface area contributed by atoms with Crippen molar-refractivity contribution >= 4 is 29.1 Å². The largest absolute Gasteiger partial charge is 0.468 e. The standard InChI is InChI=1S/C22H18FN3O3S/c23-14-5-1-2-6-15(14)25-19(28)12-30-22-13(11-24)20(18-9-4-10-29-18)21-16(26-22)7-3-8-17(21)27/h1-2,4-6,9-10,20,26H,3,7-8,12H2,(H,25,28)/t20-/m1/s1. The third-order valence-electron chi connectivity index (χ3n) is 4.99. The molecule has 1 aliphatic heterocycles. The minimum atomic E-state index is -0.592. The number of dihydropyridines is 1. The summed E-state index contributed by atoms with van der Waals surface area (Å²) in [5.74, 6) is -1.01. The molecule has 2 aromatic rings. The van der Waals surface area contributed by atoms with Gasteiger partial charge in [-0.05, 0) is 37.1 Å². The van der Waals surface area contributed by atoms with E-state index >= 15 is 0 Å². The topological polar surface area (TPSA) is 95.1 Å². The number of furan rings is 1. The van der Waals surface area contributed by atoms with Gasteiger partial charge in [-0.1, -0.05) is 23.9 Å². The Labute approximate surface area is 176 Å². The molecule has 2 heterocycles. The molecule has 0 spiro atoms. The van der Waals surface area contributed by atoms with Crippen molar-refractivity contribution in [2.75, 3.05) is 11.1 Å². The number of nitrogens with zero attached hydrogens (tertiary/aromatic N) is 1. The zero-order valence-corrected chi connectivity index (χ0v) is 16.7. The van der Waals surface area contributed by atoms with Crippen LogP contribution in [0.2, 0.25) is 0 Å². The maximum absolute atomic E-state index is 13.8. The van der Waals surface area contributed by atoms with Crippen LogP contribution >= 0.6 is 11.8 Å². The van der Waals surface area contributed by atoms with Gasteiger partial charge >= 0.3 is 0 Å². The fraction of sp³-hybridized carbons (Fsp3) is 0.227. The third-order valence-corrected chi connectivity index (χ3v) is 6.00. The molecule has 4 rings (SSSR count). The maximum Gasteiger partial charge on any atom is 0.234 e. The van der Waals surface area contributed by atoms with E-state index in [1.165, 1.54) is 18.4 Å². The number of halogens is 1. The second kappa shape index (κ2) is 8.59. The first-order valence-corrected chi connectivity index (χ1v) is 10.4. The Bertz CT molecular complexity index is 1100. The predicted molar refractivity (Wildman–Crippen MR) is 111 cm³/mol. The van der Waals surface area contributed by atoms with E-state index in [2.05, 4.69) is 16.7 Å². The van der Waals surface area contributed by atoms with Gasteiger partial charge in [0.25, 0.3) is 0 Å². The number of anilines is 1. The highest BCUT2D eigenvalue weighted by Crippen LogP contribution is 2.44. The number of hydrogen-bond acceptors (Lipinski definition) is 6. The van der Waals surface area contributed by atoms with E-state index in [4.69, 9.17) is 4.42 Å². The average Bonchev–Trinajstić information content (AvgIpc) is 3.27. The molecule has 2 aliphatic rings.